The van der Waals surface area contributed by atoms with Crippen molar-refractivity contribution in [3.8, 4) is 5.75 Å². The smallest absolute Gasteiger partial charge is 0.244 e. The van der Waals surface area contributed by atoms with Crippen LogP contribution in [0.1, 0.15) is 12.8 Å². The van der Waals surface area contributed by atoms with E-state index in [9.17, 15) is 8.42 Å². The summed E-state index contributed by atoms with van der Waals surface area (Å²) in [6.07, 6.45) is 1.50. The molecule has 0 radical (unpaired) electrons. The van der Waals surface area contributed by atoms with Gasteiger partial charge in [-0.05, 0) is 31.0 Å². The summed E-state index contributed by atoms with van der Waals surface area (Å²) in [6.45, 7) is 0.962. The number of hydrogen-bond donors (Lipinski definition) is 1. The number of benzene rings is 1. The SMILES string of the molecule is COCCCCNS(=O)(=O)c1cc(Cl)ccc1OC. The van der Waals surface area contributed by atoms with E-state index in [0.717, 1.165) is 6.42 Å². The van der Waals surface area contributed by atoms with E-state index in [0.29, 0.717) is 24.6 Å². The van der Waals surface area contributed by atoms with E-state index in [1.165, 1.54) is 19.2 Å². The number of unbranched alkanes of at least 4 members (excludes halogenated alkanes) is 1. The van der Waals surface area contributed by atoms with E-state index in [1.807, 2.05) is 0 Å². The maximum absolute atomic E-state index is 12.1. The fourth-order valence-corrected chi connectivity index (χ4v) is 3.02. The summed E-state index contributed by atoms with van der Waals surface area (Å²) < 4.78 is 36.7. The molecule has 0 fully saturated rings. The van der Waals surface area contributed by atoms with Gasteiger partial charge in [-0.25, -0.2) is 13.1 Å². The molecule has 0 spiro atoms. The van der Waals surface area contributed by atoms with Crippen LogP contribution in [-0.2, 0) is 14.8 Å². The van der Waals surface area contributed by atoms with Crippen molar-refractivity contribution in [3.63, 3.8) is 0 Å². The second kappa shape index (κ2) is 7.69. The molecule has 1 aromatic rings. The van der Waals surface area contributed by atoms with Gasteiger partial charge in [0.05, 0.1) is 7.11 Å². The lowest BCUT2D eigenvalue weighted by molar-refractivity contribution is 0.193. The van der Waals surface area contributed by atoms with Gasteiger partial charge >= 0.3 is 0 Å². The molecule has 0 saturated carbocycles. The van der Waals surface area contributed by atoms with Crippen LogP contribution in [0, 0.1) is 0 Å². The number of hydrogen-bond acceptors (Lipinski definition) is 4. The maximum atomic E-state index is 12.1. The first-order valence-electron chi connectivity index (χ1n) is 5.83. The number of rotatable bonds is 8. The van der Waals surface area contributed by atoms with Crippen LogP contribution in [-0.4, -0.2) is 35.8 Å². The third-order valence-corrected chi connectivity index (χ3v) is 4.20. The summed E-state index contributed by atoms with van der Waals surface area (Å²) >= 11 is 5.82. The van der Waals surface area contributed by atoms with Crippen molar-refractivity contribution in [3.05, 3.63) is 23.2 Å². The van der Waals surface area contributed by atoms with E-state index in [2.05, 4.69) is 4.72 Å². The van der Waals surface area contributed by atoms with E-state index in [4.69, 9.17) is 21.1 Å². The molecule has 108 valence electrons. The first-order valence-corrected chi connectivity index (χ1v) is 7.69. The van der Waals surface area contributed by atoms with E-state index in [1.54, 1.807) is 13.2 Å². The van der Waals surface area contributed by atoms with Crippen LogP contribution in [0.15, 0.2) is 23.1 Å². The van der Waals surface area contributed by atoms with Gasteiger partial charge in [0.2, 0.25) is 10.0 Å². The van der Waals surface area contributed by atoms with Gasteiger partial charge in [0, 0.05) is 25.3 Å². The second-order valence-corrected chi connectivity index (χ2v) is 6.06. The van der Waals surface area contributed by atoms with Crippen LogP contribution in [0.2, 0.25) is 5.02 Å². The zero-order valence-electron chi connectivity index (χ0n) is 11.0. The molecule has 19 heavy (non-hydrogen) atoms. The average Bonchev–Trinajstić information content (AvgIpc) is 2.38. The number of nitrogens with one attached hydrogen (secondary N) is 1. The quantitative estimate of drug-likeness (QED) is 0.747. The van der Waals surface area contributed by atoms with Gasteiger partial charge in [0.15, 0.2) is 0 Å². The molecular formula is C12H18ClNO4S. The van der Waals surface area contributed by atoms with Crippen LogP contribution in [0.4, 0.5) is 0 Å². The lowest BCUT2D eigenvalue weighted by atomic mass is 10.3. The summed E-state index contributed by atoms with van der Waals surface area (Å²) in [7, 11) is -0.583. The van der Waals surface area contributed by atoms with Crippen molar-refractivity contribution >= 4 is 21.6 Å². The van der Waals surface area contributed by atoms with Gasteiger partial charge in [-0.3, -0.25) is 0 Å². The standard InChI is InChI=1S/C12H18ClNO4S/c1-17-8-4-3-7-14-19(15,16)12-9-10(13)5-6-11(12)18-2/h5-6,9,14H,3-4,7-8H2,1-2H3. The summed E-state index contributed by atoms with van der Waals surface area (Å²) in [4.78, 5) is 0.0502. The Morgan fingerprint density at radius 3 is 2.63 bits per heavy atom. The van der Waals surface area contributed by atoms with E-state index < -0.39 is 10.0 Å². The van der Waals surface area contributed by atoms with Gasteiger partial charge in [-0.1, -0.05) is 11.6 Å². The molecule has 0 atom stereocenters. The Kier molecular flexibility index (Phi) is 6.57. The van der Waals surface area contributed by atoms with Crippen LogP contribution in [0.5, 0.6) is 5.75 Å². The topological polar surface area (TPSA) is 64.6 Å². The molecule has 0 bridgehead atoms. The fourth-order valence-electron chi connectivity index (χ4n) is 1.52. The van der Waals surface area contributed by atoms with Crippen molar-refractivity contribution in [2.24, 2.45) is 0 Å². The highest BCUT2D eigenvalue weighted by Crippen LogP contribution is 2.26. The Hall–Kier alpha value is -0.820. The Balaban J connectivity index is 2.74. The van der Waals surface area contributed by atoms with Crippen molar-refractivity contribution in [1.82, 2.24) is 4.72 Å². The van der Waals surface area contributed by atoms with Gasteiger partial charge < -0.3 is 9.47 Å². The van der Waals surface area contributed by atoms with E-state index in [-0.39, 0.29) is 10.6 Å². The number of methoxy groups -OCH3 is 2. The molecule has 0 heterocycles. The fraction of sp³-hybridized carbons (Fsp3) is 0.500. The highest BCUT2D eigenvalue weighted by atomic mass is 35.5. The lowest BCUT2D eigenvalue weighted by Crippen LogP contribution is -2.25. The van der Waals surface area contributed by atoms with E-state index >= 15 is 0 Å². The summed E-state index contributed by atoms with van der Waals surface area (Å²) in [5.74, 6) is 0.272. The summed E-state index contributed by atoms with van der Waals surface area (Å²) in [6, 6.07) is 4.48. The molecule has 0 aromatic heterocycles. The molecule has 0 aliphatic heterocycles. The third-order valence-electron chi connectivity index (χ3n) is 2.48. The van der Waals surface area contributed by atoms with Crippen molar-refractivity contribution in [1.29, 1.82) is 0 Å². The molecule has 0 unspecified atom stereocenters. The molecular weight excluding hydrogens is 290 g/mol. The highest BCUT2D eigenvalue weighted by Gasteiger charge is 2.19. The normalized spacial score (nSPS) is 11.5. The Labute approximate surface area is 118 Å². The lowest BCUT2D eigenvalue weighted by Gasteiger charge is -2.11. The maximum Gasteiger partial charge on any atom is 0.244 e. The van der Waals surface area contributed by atoms with Gasteiger partial charge in [-0.15, -0.1) is 0 Å². The average molecular weight is 308 g/mol. The van der Waals surface area contributed by atoms with Crippen molar-refractivity contribution in [2.45, 2.75) is 17.7 Å². The predicted octanol–water partition coefficient (Wildman–Crippen LogP) is 2.05. The molecule has 1 aromatic carbocycles. The van der Waals surface area contributed by atoms with Gasteiger partial charge in [0.1, 0.15) is 10.6 Å². The minimum atomic E-state index is -3.61. The van der Waals surface area contributed by atoms with Crippen LogP contribution < -0.4 is 9.46 Å². The molecule has 1 rings (SSSR count). The van der Waals surface area contributed by atoms with Crippen molar-refractivity contribution in [2.75, 3.05) is 27.4 Å². The number of halogens is 1. The minimum absolute atomic E-state index is 0.0502. The molecule has 5 nitrogen and oxygen atoms in total. The Morgan fingerprint density at radius 2 is 2.00 bits per heavy atom. The molecule has 0 aliphatic carbocycles. The first-order chi connectivity index (χ1) is 9.01. The number of sulfonamides is 1. The largest absolute Gasteiger partial charge is 0.495 e. The van der Waals surface area contributed by atoms with Crippen molar-refractivity contribution < 1.29 is 17.9 Å². The molecule has 7 heteroatoms. The summed E-state index contributed by atoms with van der Waals surface area (Å²) in [5, 5.41) is 0.348. The zero-order valence-corrected chi connectivity index (χ0v) is 12.6. The van der Waals surface area contributed by atoms with Crippen LogP contribution >= 0.6 is 11.6 Å². The molecule has 1 N–H and O–H groups in total. The second-order valence-electron chi connectivity index (χ2n) is 3.89. The summed E-state index contributed by atoms with van der Waals surface area (Å²) in [5.41, 5.74) is 0. The first kappa shape index (κ1) is 16.2. The molecule has 0 saturated heterocycles. The number of ether oxygens (including phenoxy) is 2. The monoisotopic (exact) mass is 307 g/mol. The predicted molar refractivity (Wildman–Crippen MR) is 74.3 cm³/mol. The van der Waals surface area contributed by atoms with Gasteiger partial charge in [-0.2, -0.15) is 0 Å². The molecule has 0 aliphatic rings. The van der Waals surface area contributed by atoms with Crippen LogP contribution in [0.3, 0.4) is 0 Å². The van der Waals surface area contributed by atoms with Gasteiger partial charge in [0.25, 0.3) is 0 Å². The molecule has 0 amide bonds. The Bertz CT molecular complexity index is 504. The minimum Gasteiger partial charge on any atom is -0.495 e. The van der Waals surface area contributed by atoms with Crippen LogP contribution in [0.25, 0.3) is 0 Å². The highest BCUT2D eigenvalue weighted by molar-refractivity contribution is 7.89. The Morgan fingerprint density at radius 1 is 1.26 bits per heavy atom. The third kappa shape index (κ3) is 4.99. The zero-order chi connectivity index (χ0) is 14.3.